The number of thiazole rings is 1. The molecule has 2 N–H and O–H groups in total. The summed E-state index contributed by atoms with van der Waals surface area (Å²) in [7, 11) is 0. The molecule has 196 valence electrons. The van der Waals surface area contributed by atoms with Gasteiger partial charge in [-0.3, -0.25) is 4.79 Å². The number of hydrogen-bond acceptors (Lipinski definition) is 6. The summed E-state index contributed by atoms with van der Waals surface area (Å²) in [4.78, 5) is 36.1. The maximum absolute atomic E-state index is 13.1. The molecular weight excluding hydrogens is 507 g/mol. The minimum Gasteiger partial charge on any atom is -0.438 e. The van der Waals surface area contributed by atoms with Crippen LogP contribution in [0, 0.1) is 24.7 Å². The van der Waals surface area contributed by atoms with E-state index in [2.05, 4.69) is 10.3 Å². The van der Waals surface area contributed by atoms with E-state index in [0.717, 1.165) is 35.5 Å². The van der Waals surface area contributed by atoms with E-state index in [1.54, 1.807) is 23.7 Å². The average Bonchev–Trinajstić information content (AvgIpc) is 3.74. The fourth-order valence-electron chi connectivity index (χ4n) is 5.30. The van der Waals surface area contributed by atoms with E-state index >= 15 is 0 Å². The third-order valence-electron chi connectivity index (χ3n) is 7.46. The molecule has 2 aromatic heterocycles. The van der Waals surface area contributed by atoms with Crippen LogP contribution in [0.2, 0.25) is 0 Å². The molecule has 3 aliphatic rings. The van der Waals surface area contributed by atoms with Gasteiger partial charge in [-0.05, 0) is 68.1 Å². The van der Waals surface area contributed by atoms with Crippen LogP contribution in [0.5, 0.6) is 0 Å². The Morgan fingerprint density at radius 2 is 2.00 bits per heavy atom. The number of carbonyl (C=O) groups excluding carboxylic acids is 2. The number of nitrogens with one attached hydrogen (secondary N) is 2. The number of benzene rings is 1. The van der Waals surface area contributed by atoms with Gasteiger partial charge in [-0.25, -0.2) is 14.8 Å². The summed E-state index contributed by atoms with van der Waals surface area (Å²) in [6, 6.07) is 2.12. The van der Waals surface area contributed by atoms with Gasteiger partial charge >= 0.3 is 12.2 Å². The average molecular weight is 534 g/mol. The van der Waals surface area contributed by atoms with Crippen LogP contribution >= 0.6 is 11.3 Å². The van der Waals surface area contributed by atoms with Crippen molar-refractivity contribution in [2.75, 3.05) is 6.54 Å². The van der Waals surface area contributed by atoms with E-state index in [1.165, 1.54) is 11.3 Å². The molecule has 37 heavy (non-hydrogen) atoms. The van der Waals surface area contributed by atoms with Gasteiger partial charge in [-0.15, -0.1) is 11.3 Å². The Labute approximate surface area is 214 Å². The number of oxazole rings is 1. The summed E-state index contributed by atoms with van der Waals surface area (Å²) in [6.45, 7) is 1.44. The van der Waals surface area contributed by atoms with Crippen LogP contribution in [0.25, 0.3) is 11.1 Å². The minimum absolute atomic E-state index is 0.0204. The van der Waals surface area contributed by atoms with Crippen LogP contribution in [-0.2, 0) is 6.54 Å². The second kappa shape index (κ2) is 9.00. The molecule has 3 heterocycles. The number of nitrogens with zero attached hydrogens (tertiary/aromatic N) is 3. The second-order valence-electron chi connectivity index (χ2n) is 10.2. The maximum Gasteiger partial charge on any atom is 0.410 e. The van der Waals surface area contributed by atoms with Crippen molar-refractivity contribution in [1.82, 2.24) is 25.5 Å². The number of hydrogen-bond donors (Lipinski definition) is 2. The predicted octanol–water partition coefficient (Wildman–Crippen LogP) is 4.96. The summed E-state index contributed by atoms with van der Waals surface area (Å²) >= 11 is 1.42. The topological polar surface area (TPSA) is 100 Å². The molecule has 1 aromatic carbocycles. The molecule has 2 aliphatic carbocycles. The number of urea groups is 1. The highest BCUT2D eigenvalue weighted by molar-refractivity contribution is 7.09. The van der Waals surface area contributed by atoms with E-state index in [-0.39, 0.29) is 18.4 Å². The zero-order chi connectivity index (χ0) is 25.9. The van der Waals surface area contributed by atoms with Gasteiger partial charge < -0.3 is 20.0 Å². The van der Waals surface area contributed by atoms with E-state index < -0.39 is 30.8 Å². The number of halogens is 3. The molecule has 0 spiro atoms. The molecule has 3 aromatic rings. The molecule has 1 saturated heterocycles. The van der Waals surface area contributed by atoms with Crippen LogP contribution in [0.15, 0.2) is 28.1 Å². The fourth-order valence-corrected chi connectivity index (χ4v) is 5.87. The lowest BCUT2D eigenvalue weighted by Crippen LogP contribution is -2.40. The minimum atomic E-state index is -4.49. The zero-order valence-electron chi connectivity index (χ0n) is 20.0. The van der Waals surface area contributed by atoms with E-state index in [1.807, 2.05) is 12.2 Å². The van der Waals surface area contributed by atoms with Gasteiger partial charge in [-0.1, -0.05) is 6.07 Å². The molecule has 0 unspecified atom stereocenters. The molecule has 12 heteroatoms. The highest BCUT2D eigenvalue weighted by Crippen LogP contribution is 2.54. The van der Waals surface area contributed by atoms with Crippen LogP contribution in [0.3, 0.4) is 0 Å². The summed E-state index contributed by atoms with van der Waals surface area (Å²) in [5, 5.41) is 5.14. The van der Waals surface area contributed by atoms with Crippen LogP contribution in [0.4, 0.5) is 18.0 Å². The molecular formula is C25H26F3N5O3S. The fraction of sp³-hybridized carbons (Fsp3) is 0.520. The molecule has 2 atom stereocenters. The number of alkyl halides is 3. The SMILES string of the molecule is Cc1scnc1C(=O)N[C@H](c1nc2cc(CN3C[C@@H](C(F)(F)F)NC3=O)ccc2o1)C(C1CC1)C1CC1. The van der Waals surface area contributed by atoms with Gasteiger partial charge in [0.05, 0.1) is 12.1 Å². The standard InChI is InChI=1S/C25H26F3N5O3S/c1-12-20(29-11-37-12)22(34)32-21(19(14-3-4-14)15-5-6-15)23-30-16-8-13(2-7-17(16)36-23)9-33-10-18(25(26,27)28)31-24(33)35/h2,7-8,11,14-15,18-19,21H,3-6,9-10H2,1H3,(H,31,35)(H,32,34)/t18-,21-/m0/s1. The normalized spacial score (nSPS) is 21.1. The number of rotatable bonds is 8. The lowest BCUT2D eigenvalue weighted by atomic mass is 9.89. The Morgan fingerprint density at radius 1 is 1.27 bits per heavy atom. The lowest BCUT2D eigenvalue weighted by molar-refractivity contribution is -0.149. The Kier molecular flexibility index (Phi) is 5.89. The van der Waals surface area contributed by atoms with E-state index in [9.17, 15) is 22.8 Å². The van der Waals surface area contributed by atoms with E-state index in [4.69, 9.17) is 9.40 Å². The zero-order valence-corrected chi connectivity index (χ0v) is 20.9. The van der Waals surface area contributed by atoms with Crippen molar-refractivity contribution < 1.29 is 27.2 Å². The monoisotopic (exact) mass is 533 g/mol. The molecule has 8 nitrogen and oxygen atoms in total. The molecule has 6 rings (SSSR count). The highest BCUT2D eigenvalue weighted by atomic mass is 32.1. The first-order valence-corrected chi connectivity index (χ1v) is 13.3. The molecule has 0 bridgehead atoms. The molecule has 1 aliphatic heterocycles. The van der Waals surface area contributed by atoms with Gasteiger partial charge in [0, 0.05) is 11.4 Å². The van der Waals surface area contributed by atoms with Crippen molar-refractivity contribution in [3.05, 3.63) is 45.7 Å². The van der Waals surface area contributed by atoms with Gasteiger partial charge in [0.15, 0.2) is 5.58 Å². The molecule has 2 saturated carbocycles. The van der Waals surface area contributed by atoms with E-state index in [0.29, 0.717) is 40.1 Å². The van der Waals surface area contributed by atoms with Gasteiger partial charge in [0.1, 0.15) is 23.3 Å². The van der Waals surface area contributed by atoms with Crippen molar-refractivity contribution in [3.63, 3.8) is 0 Å². The number of fused-ring (bicyclic) bond motifs is 1. The van der Waals surface area contributed by atoms with Crippen LogP contribution in [-0.4, -0.2) is 45.6 Å². The number of aryl methyl sites for hydroxylation is 1. The molecule has 3 amide bonds. The third kappa shape index (κ3) is 4.90. The lowest BCUT2D eigenvalue weighted by Gasteiger charge is -2.25. The first kappa shape index (κ1) is 24.2. The highest BCUT2D eigenvalue weighted by Gasteiger charge is 2.48. The van der Waals surface area contributed by atoms with Gasteiger partial charge in [-0.2, -0.15) is 13.2 Å². The summed E-state index contributed by atoms with van der Waals surface area (Å²) in [6.07, 6.45) is -0.0323. The van der Waals surface area contributed by atoms with Gasteiger partial charge in [0.25, 0.3) is 5.91 Å². The van der Waals surface area contributed by atoms with Crippen molar-refractivity contribution in [2.24, 2.45) is 17.8 Å². The first-order valence-electron chi connectivity index (χ1n) is 12.4. The number of amides is 3. The quantitative estimate of drug-likeness (QED) is 0.427. The Bertz CT molecular complexity index is 1330. The Hall–Kier alpha value is -3.15. The van der Waals surface area contributed by atoms with Crippen LogP contribution < -0.4 is 10.6 Å². The van der Waals surface area contributed by atoms with Crippen molar-refractivity contribution >= 4 is 34.4 Å². The van der Waals surface area contributed by atoms with Crippen LogP contribution in [0.1, 0.15) is 58.5 Å². The molecule has 3 fully saturated rings. The summed E-state index contributed by atoms with van der Waals surface area (Å²) < 4.78 is 45.2. The maximum atomic E-state index is 13.1. The largest absolute Gasteiger partial charge is 0.438 e. The third-order valence-corrected chi connectivity index (χ3v) is 8.21. The summed E-state index contributed by atoms with van der Waals surface area (Å²) in [5.41, 5.74) is 3.75. The van der Waals surface area contributed by atoms with Crippen molar-refractivity contribution in [2.45, 2.75) is 57.4 Å². The van der Waals surface area contributed by atoms with Crippen molar-refractivity contribution in [3.8, 4) is 0 Å². The van der Waals surface area contributed by atoms with Gasteiger partial charge in [0.2, 0.25) is 5.89 Å². The smallest absolute Gasteiger partial charge is 0.410 e. The molecule has 0 radical (unpaired) electrons. The number of carbonyl (C=O) groups is 2. The number of aromatic nitrogens is 2. The summed E-state index contributed by atoms with van der Waals surface area (Å²) in [5.74, 6) is 1.42. The Balaban J connectivity index is 1.26. The van der Waals surface area contributed by atoms with Crippen molar-refractivity contribution in [1.29, 1.82) is 0 Å². The first-order chi connectivity index (χ1) is 17.7. The predicted molar refractivity (Wildman–Crippen MR) is 129 cm³/mol. The second-order valence-corrected chi connectivity index (χ2v) is 11.3. The Morgan fingerprint density at radius 3 is 2.59 bits per heavy atom.